The van der Waals surface area contributed by atoms with E-state index in [9.17, 15) is 0 Å². The molecule has 0 N–H and O–H groups in total. The van der Waals surface area contributed by atoms with Gasteiger partial charge in [-0.05, 0) is 5.56 Å². The number of rotatable bonds is 3. The smallest absolute Gasteiger partial charge is 0.202 e. The van der Waals surface area contributed by atoms with Gasteiger partial charge in [0.25, 0.3) is 0 Å². The van der Waals surface area contributed by atoms with Crippen molar-refractivity contribution in [1.29, 1.82) is 0 Å². The zero-order valence-corrected chi connectivity index (χ0v) is 10.5. The van der Waals surface area contributed by atoms with E-state index in [1.54, 1.807) is 0 Å². The SMILES string of the molecule is C1=[N+](c2ccccc2Cc2ccccc2)CCC1. The largest absolute Gasteiger partial charge is 0.208 e. The summed E-state index contributed by atoms with van der Waals surface area (Å²) in [6.45, 7) is 1.16. The first kappa shape index (κ1) is 11.2. The molecule has 0 atom stereocenters. The maximum atomic E-state index is 2.40. The van der Waals surface area contributed by atoms with Crippen molar-refractivity contribution in [3.8, 4) is 0 Å². The summed E-state index contributed by atoms with van der Waals surface area (Å²) in [5, 5.41) is 0. The lowest BCUT2D eigenvalue weighted by atomic mass is 10.0. The Morgan fingerprint density at radius 3 is 2.44 bits per heavy atom. The Balaban J connectivity index is 1.92. The van der Waals surface area contributed by atoms with Gasteiger partial charge in [-0.2, -0.15) is 0 Å². The Kier molecular flexibility index (Phi) is 3.22. The molecule has 0 aromatic heterocycles. The molecule has 1 heterocycles. The molecule has 18 heavy (non-hydrogen) atoms. The van der Waals surface area contributed by atoms with Crippen molar-refractivity contribution in [1.82, 2.24) is 0 Å². The third-order valence-electron chi connectivity index (χ3n) is 3.49. The number of hydrogen-bond acceptors (Lipinski definition) is 0. The minimum absolute atomic E-state index is 1.02. The van der Waals surface area contributed by atoms with E-state index in [1.165, 1.54) is 29.7 Å². The first-order valence-corrected chi connectivity index (χ1v) is 6.65. The normalized spacial score (nSPS) is 14.6. The Morgan fingerprint density at radius 2 is 1.67 bits per heavy atom. The van der Waals surface area contributed by atoms with Crippen molar-refractivity contribution in [3.63, 3.8) is 0 Å². The van der Waals surface area contributed by atoms with Crippen LogP contribution in [0.2, 0.25) is 0 Å². The highest BCUT2D eigenvalue weighted by molar-refractivity contribution is 5.57. The van der Waals surface area contributed by atoms with Gasteiger partial charge in [-0.3, -0.25) is 0 Å². The molecule has 2 aromatic rings. The Hall–Kier alpha value is -1.89. The quantitative estimate of drug-likeness (QED) is 0.713. The molecule has 0 fully saturated rings. The van der Waals surface area contributed by atoms with E-state index >= 15 is 0 Å². The Morgan fingerprint density at radius 1 is 0.889 bits per heavy atom. The summed E-state index contributed by atoms with van der Waals surface area (Å²) in [4.78, 5) is 0. The summed E-state index contributed by atoms with van der Waals surface area (Å²) in [6.07, 6.45) is 5.82. The van der Waals surface area contributed by atoms with Crippen LogP contribution in [0.25, 0.3) is 0 Å². The fourth-order valence-corrected chi connectivity index (χ4v) is 2.58. The van der Waals surface area contributed by atoms with Crippen LogP contribution >= 0.6 is 0 Å². The highest BCUT2D eigenvalue weighted by atomic mass is 15.0. The highest BCUT2D eigenvalue weighted by Gasteiger charge is 2.17. The Bertz CT molecular complexity index is 555. The number of nitrogens with zero attached hydrogens (tertiary/aromatic N) is 1. The van der Waals surface area contributed by atoms with E-state index in [-0.39, 0.29) is 0 Å². The van der Waals surface area contributed by atoms with Gasteiger partial charge in [0.05, 0.1) is 0 Å². The minimum Gasteiger partial charge on any atom is -0.202 e. The standard InChI is InChI=1S/C17H18N/c1-2-8-15(9-3-1)14-16-10-4-5-11-17(16)18-12-6-7-13-18/h1-5,8-12H,6-7,13-14H2/q+1. The van der Waals surface area contributed by atoms with Crippen LogP contribution in [0.1, 0.15) is 24.0 Å². The lowest BCUT2D eigenvalue weighted by Crippen LogP contribution is -2.04. The zero-order chi connectivity index (χ0) is 12.2. The third kappa shape index (κ3) is 2.35. The average Bonchev–Trinajstić information content (AvgIpc) is 2.94. The summed E-state index contributed by atoms with van der Waals surface area (Å²) in [5.74, 6) is 0. The average molecular weight is 236 g/mol. The Labute approximate surface area is 108 Å². The summed E-state index contributed by atoms with van der Waals surface area (Å²) in [5.41, 5.74) is 4.17. The summed E-state index contributed by atoms with van der Waals surface area (Å²) in [6, 6.07) is 19.4. The maximum absolute atomic E-state index is 2.40. The van der Waals surface area contributed by atoms with E-state index < -0.39 is 0 Å². The summed E-state index contributed by atoms with van der Waals surface area (Å²) in [7, 11) is 0. The van der Waals surface area contributed by atoms with Gasteiger partial charge in [-0.1, -0.05) is 48.5 Å². The molecule has 1 aliphatic rings. The predicted molar refractivity (Wildman–Crippen MR) is 75.8 cm³/mol. The topological polar surface area (TPSA) is 3.01 Å². The van der Waals surface area contributed by atoms with E-state index in [0.717, 1.165) is 13.0 Å². The molecule has 1 nitrogen and oxygen atoms in total. The highest BCUT2D eigenvalue weighted by Crippen LogP contribution is 2.23. The van der Waals surface area contributed by atoms with Crippen molar-refractivity contribution < 1.29 is 4.58 Å². The lowest BCUT2D eigenvalue weighted by Gasteiger charge is -2.06. The molecule has 2 aromatic carbocycles. The molecule has 0 saturated heterocycles. The fraction of sp³-hybridized carbons (Fsp3) is 0.235. The zero-order valence-electron chi connectivity index (χ0n) is 10.5. The molecular weight excluding hydrogens is 218 g/mol. The second-order valence-corrected chi connectivity index (χ2v) is 4.81. The van der Waals surface area contributed by atoms with Crippen LogP contribution in [0.3, 0.4) is 0 Å². The fourth-order valence-electron chi connectivity index (χ4n) is 2.58. The van der Waals surface area contributed by atoms with Crippen LogP contribution in [0.5, 0.6) is 0 Å². The van der Waals surface area contributed by atoms with Gasteiger partial charge >= 0.3 is 0 Å². The van der Waals surface area contributed by atoms with Crippen LogP contribution < -0.4 is 0 Å². The van der Waals surface area contributed by atoms with Gasteiger partial charge in [0.2, 0.25) is 5.69 Å². The summed E-state index contributed by atoms with van der Waals surface area (Å²) < 4.78 is 2.40. The molecule has 90 valence electrons. The second-order valence-electron chi connectivity index (χ2n) is 4.81. The molecule has 1 heteroatoms. The number of benzene rings is 2. The molecule has 0 bridgehead atoms. The molecule has 0 radical (unpaired) electrons. The van der Waals surface area contributed by atoms with E-state index in [4.69, 9.17) is 0 Å². The number of hydrogen-bond donors (Lipinski definition) is 0. The maximum Gasteiger partial charge on any atom is 0.208 e. The molecule has 0 spiro atoms. The van der Waals surface area contributed by atoms with Crippen molar-refractivity contribution >= 4 is 11.9 Å². The van der Waals surface area contributed by atoms with Crippen molar-refractivity contribution in [3.05, 3.63) is 65.7 Å². The molecule has 0 saturated carbocycles. The lowest BCUT2D eigenvalue weighted by molar-refractivity contribution is -0.427. The first-order valence-electron chi connectivity index (χ1n) is 6.65. The van der Waals surface area contributed by atoms with Crippen LogP contribution in [0.15, 0.2) is 54.6 Å². The van der Waals surface area contributed by atoms with Crippen LogP contribution in [0, 0.1) is 0 Å². The van der Waals surface area contributed by atoms with Gasteiger partial charge in [0.1, 0.15) is 12.8 Å². The minimum atomic E-state index is 1.02. The molecule has 0 aliphatic carbocycles. The van der Waals surface area contributed by atoms with E-state index in [1.807, 2.05) is 0 Å². The van der Waals surface area contributed by atoms with Crippen molar-refractivity contribution in [2.24, 2.45) is 0 Å². The third-order valence-corrected chi connectivity index (χ3v) is 3.49. The van der Waals surface area contributed by atoms with E-state index in [2.05, 4.69) is 65.4 Å². The molecule has 3 rings (SSSR count). The van der Waals surface area contributed by atoms with Crippen LogP contribution in [0.4, 0.5) is 5.69 Å². The number of para-hydroxylation sites is 1. The molecule has 0 amide bonds. The van der Waals surface area contributed by atoms with E-state index in [0.29, 0.717) is 0 Å². The van der Waals surface area contributed by atoms with Gasteiger partial charge in [0, 0.05) is 30.9 Å². The summed E-state index contributed by atoms with van der Waals surface area (Å²) >= 11 is 0. The van der Waals surface area contributed by atoms with Gasteiger partial charge in [-0.25, -0.2) is 4.58 Å². The van der Waals surface area contributed by atoms with Gasteiger partial charge < -0.3 is 0 Å². The van der Waals surface area contributed by atoms with Gasteiger partial charge in [-0.15, -0.1) is 0 Å². The predicted octanol–water partition coefficient (Wildman–Crippen LogP) is 3.79. The molecular formula is C17H18N+. The van der Waals surface area contributed by atoms with Crippen molar-refractivity contribution in [2.75, 3.05) is 6.54 Å². The first-order chi connectivity index (χ1) is 8.93. The van der Waals surface area contributed by atoms with Crippen molar-refractivity contribution in [2.45, 2.75) is 19.3 Å². The van der Waals surface area contributed by atoms with Gasteiger partial charge in [0.15, 0.2) is 0 Å². The second kappa shape index (κ2) is 5.18. The molecule has 1 aliphatic heterocycles. The monoisotopic (exact) mass is 236 g/mol. The van der Waals surface area contributed by atoms with Crippen LogP contribution in [-0.4, -0.2) is 17.3 Å². The van der Waals surface area contributed by atoms with Crippen LogP contribution in [-0.2, 0) is 6.42 Å². The molecule has 0 unspecified atom stereocenters.